The molecule has 1 aromatic carbocycles. The molecule has 0 bridgehead atoms. The maximum Gasteiger partial charge on any atom is 0.344 e. The highest BCUT2D eigenvalue weighted by Crippen LogP contribution is 2.26. The van der Waals surface area contributed by atoms with E-state index in [1.807, 2.05) is 30.3 Å². The molecule has 0 fully saturated rings. The largest absolute Gasteiger partial charge is 0.462 e. The Bertz CT molecular complexity index is 517. The first-order valence-electron chi connectivity index (χ1n) is 5.43. The van der Waals surface area contributed by atoms with Crippen LogP contribution in [0.3, 0.4) is 0 Å². The molecule has 0 saturated carbocycles. The maximum absolute atomic E-state index is 11.8. The van der Waals surface area contributed by atoms with Gasteiger partial charge in [0.2, 0.25) is 0 Å². The lowest BCUT2D eigenvalue weighted by Crippen LogP contribution is -2.06. The number of aromatic nitrogens is 1. The minimum atomic E-state index is -0.398. The van der Waals surface area contributed by atoms with Crippen molar-refractivity contribution >= 4 is 5.97 Å². The van der Waals surface area contributed by atoms with Crippen molar-refractivity contribution in [3.63, 3.8) is 0 Å². The minimum Gasteiger partial charge on any atom is -0.462 e. The molecule has 17 heavy (non-hydrogen) atoms. The number of carbonyl (C=O) groups is 1. The van der Waals surface area contributed by atoms with E-state index in [0.717, 1.165) is 5.56 Å². The monoisotopic (exact) mass is 231 g/mol. The molecule has 0 N–H and O–H groups in total. The van der Waals surface area contributed by atoms with Gasteiger partial charge in [-0.2, -0.15) is 0 Å². The van der Waals surface area contributed by atoms with Crippen molar-refractivity contribution in [2.45, 2.75) is 13.8 Å². The molecular formula is C13H13NO3. The van der Waals surface area contributed by atoms with Gasteiger partial charge in [-0.1, -0.05) is 35.5 Å². The highest BCUT2D eigenvalue weighted by atomic mass is 16.5. The molecule has 0 aliphatic rings. The first-order valence-corrected chi connectivity index (χ1v) is 5.43. The third kappa shape index (κ3) is 2.20. The Kier molecular flexibility index (Phi) is 3.23. The van der Waals surface area contributed by atoms with Gasteiger partial charge >= 0.3 is 5.97 Å². The van der Waals surface area contributed by atoms with Crippen LogP contribution in [0.25, 0.3) is 11.3 Å². The summed E-state index contributed by atoms with van der Waals surface area (Å²) in [6.07, 6.45) is 0. The lowest BCUT2D eigenvalue weighted by molar-refractivity contribution is 0.0526. The molecule has 4 nitrogen and oxygen atoms in total. The van der Waals surface area contributed by atoms with Crippen molar-refractivity contribution in [3.8, 4) is 11.3 Å². The fourth-order valence-corrected chi connectivity index (χ4v) is 1.60. The Labute approximate surface area is 99.2 Å². The van der Waals surface area contributed by atoms with Gasteiger partial charge < -0.3 is 9.26 Å². The van der Waals surface area contributed by atoms with Crippen LogP contribution in [-0.2, 0) is 4.74 Å². The normalized spacial score (nSPS) is 10.2. The van der Waals surface area contributed by atoms with Crippen molar-refractivity contribution in [3.05, 3.63) is 41.6 Å². The van der Waals surface area contributed by atoms with E-state index in [4.69, 9.17) is 9.26 Å². The van der Waals surface area contributed by atoms with Crippen LogP contribution in [0.1, 0.15) is 23.0 Å². The van der Waals surface area contributed by atoms with Crippen molar-refractivity contribution < 1.29 is 14.1 Å². The summed E-state index contributed by atoms with van der Waals surface area (Å²) in [5.74, 6) is 0.0617. The van der Waals surface area contributed by atoms with E-state index in [0.29, 0.717) is 23.6 Å². The van der Waals surface area contributed by atoms with Crippen molar-refractivity contribution in [2.75, 3.05) is 6.61 Å². The molecule has 0 saturated heterocycles. The smallest absolute Gasteiger partial charge is 0.344 e. The van der Waals surface area contributed by atoms with Gasteiger partial charge in [0.25, 0.3) is 0 Å². The second-order valence-corrected chi connectivity index (χ2v) is 3.56. The molecule has 0 unspecified atom stereocenters. The Hall–Kier alpha value is -2.10. The van der Waals surface area contributed by atoms with Gasteiger partial charge in [-0.15, -0.1) is 0 Å². The molecule has 0 radical (unpaired) electrons. The third-order valence-corrected chi connectivity index (χ3v) is 2.38. The summed E-state index contributed by atoms with van der Waals surface area (Å²) >= 11 is 0. The van der Waals surface area contributed by atoms with Crippen molar-refractivity contribution in [2.24, 2.45) is 0 Å². The lowest BCUT2D eigenvalue weighted by atomic mass is 10.1. The summed E-state index contributed by atoms with van der Waals surface area (Å²) in [7, 11) is 0. The second kappa shape index (κ2) is 4.82. The standard InChI is InChI=1S/C13H13NO3/c1-3-16-13(15)11-9(2)14-17-12(11)10-7-5-4-6-8-10/h4-8H,3H2,1-2H3. The molecule has 0 aliphatic heterocycles. The molecule has 1 aromatic heterocycles. The van der Waals surface area contributed by atoms with Gasteiger partial charge in [0.1, 0.15) is 5.56 Å². The summed E-state index contributed by atoms with van der Waals surface area (Å²) in [5, 5.41) is 3.82. The molecule has 0 atom stereocenters. The fraction of sp³-hybridized carbons (Fsp3) is 0.231. The topological polar surface area (TPSA) is 52.3 Å². The number of esters is 1. The number of hydrogen-bond donors (Lipinski definition) is 0. The predicted octanol–water partition coefficient (Wildman–Crippen LogP) is 2.83. The SMILES string of the molecule is CCOC(=O)c1c(C)noc1-c1ccccc1. The zero-order valence-electron chi connectivity index (χ0n) is 9.77. The van der Waals surface area contributed by atoms with E-state index in [9.17, 15) is 4.79 Å². The third-order valence-electron chi connectivity index (χ3n) is 2.38. The first kappa shape index (κ1) is 11.4. The number of hydrogen-bond acceptors (Lipinski definition) is 4. The van der Waals surface area contributed by atoms with Crippen LogP contribution in [0.2, 0.25) is 0 Å². The summed E-state index contributed by atoms with van der Waals surface area (Å²) in [5.41, 5.74) is 1.76. The van der Waals surface area contributed by atoms with Gasteiger partial charge in [-0.25, -0.2) is 4.79 Å². The number of benzene rings is 1. The Morgan fingerprint density at radius 3 is 2.71 bits per heavy atom. The first-order chi connectivity index (χ1) is 8.24. The fourth-order valence-electron chi connectivity index (χ4n) is 1.60. The van der Waals surface area contributed by atoms with E-state index in [2.05, 4.69) is 5.16 Å². The van der Waals surface area contributed by atoms with Crippen LogP contribution in [0.4, 0.5) is 0 Å². The van der Waals surface area contributed by atoms with Crippen molar-refractivity contribution in [1.29, 1.82) is 0 Å². The zero-order valence-corrected chi connectivity index (χ0v) is 9.77. The average molecular weight is 231 g/mol. The average Bonchev–Trinajstić information content (AvgIpc) is 2.73. The second-order valence-electron chi connectivity index (χ2n) is 3.56. The summed E-state index contributed by atoms with van der Waals surface area (Å²) in [6.45, 7) is 3.82. The summed E-state index contributed by atoms with van der Waals surface area (Å²) < 4.78 is 10.2. The van der Waals surface area contributed by atoms with Crippen LogP contribution in [0.15, 0.2) is 34.9 Å². The molecule has 0 aliphatic carbocycles. The number of nitrogens with zero attached hydrogens (tertiary/aromatic N) is 1. The van der Waals surface area contributed by atoms with E-state index in [-0.39, 0.29) is 0 Å². The van der Waals surface area contributed by atoms with Crippen molar-refractivity contribution in [1.82, 2.24) is 5.16 Å². The van der Waals surface area contributed by atoms with E-state index < -0.39 is 5.97 Å². The quantitative estimate of drug-likeness (QED) is 0.762. The molecule has 0 spiro atoms. The van der Waals surface area contributed by atoms with Crippen LogP contribution >= 0.6 is 0 Å². The van der Waals surface area contributed by atoms with Crippen LogP contribution in [0, 0.1) is 6.92 Å². The molecule has 0 amide bonds. The van der Waals surface area contributed by atoms with E-state index >= 15 is 0 Å². The molecule has 4 heteroatoms. The van der Waals surface area contributed by atoms with E-state index in [1.165, 1.54) is 0 Å². The van der Waals surface area contributed by atoms with Gasteiger partial charge in [-0.05, 0) is 13.8 Å². The van der Waals surface area contributed by atoms with Gasteiger partial charge in [0, 0.05) is 5.56 Å². The molecule has 88 valence electrons. The number of ether oxygens (including phenoxy) is 1. The summed E-state index contributed by atoms with van der Waals surface area (Å²) in [6, 6.07) is 9.38. The van der Waals surface area contributed by atoms with Crippen LogP contribution in [-0.4, -0.2) is 17.7 Å². The van der Waals surface area contributed by atoms with Gasteiger partial charge in [0.05, 0.1) is 12.3 Å². The summed E-state index contributed by atoms with van der Waals surface area (Å²) in [4.78, 5) is 11.8. The molecular weight excluding hydrogens is 218 g/mol. The Morgan fingerprint density at radius 1 is 1.35 bits per heavy atom. The predicted molar refractivity (Wildman–Crippen MR) is 62.6 cm³/mol. The highest BCUT2D eigenvalue weighted by molar-refractivity contribution is 5.96. The van der Waals surface area contributed by atoms with Gasteiger partial charge in [-0.3, -0.25) is 0 Å². The van der Waals surface area contributed by atoms with E-state index in [1.54, 1.807) is 13.8 Å². The number of carbonyl (C=O) groups excluding carboxylic acids is 1. The lowest BCUT2D eigenvalue weighted by Gasteiger charge is -2.02. The Morgan fingerprint density at radius 2 is 2.06 bits per heavy atom. The number of aryl methyl sites for hydroxylation is 1. The number of rotatable bonds is 3. The van der Waals surface area contributed by atoms with Crippen LogP contribution < -0.4 is 0 Å². The van der Waals surface area contributed by atoms with Crippen LogP contribution in [0.5, 0.6) is 0 Å². The van der Waals surface area contributed by atoms with Gasteiger partial charge in [0.15, 0.2) is 5.76 Å². The Balaban J connectivity index is 2.46. The molecule has 2 aromatic rings. The highest BCUT2D eigenvalue weighted by Gasteiger charge is 2.22. The minimum absolute atomic E-state index is 0.331. The molecule has 1 heterocycles. The maximum atomic E-state index is 11.8. The molecule has 2 rings (SSSR count). The zero-order chi connectivity index (χ0) is 12.3.